The Morgan fingerprint density at radius 2 is 1.81 bits per heavy atom. The van der Waals surface area contributed by atoms with Crippen molar-refractivity contribution in [3.63, 3.8) is 0 Å². The Kier molecular flexibility index (Phi) is 5.74. The Morgan fingerprint density at radius 1 is 1.09 bits per heavy atom. The van der Waals surface area contributed by atoms with Gasteiger partial charge >= 0.3 is 0 Å². The molecule has 1 aliphatic heterocycles. The van der Waals surface area contributed by atoms with E-state index in [4.69, 9.17) is 11.6 Å². The first-order chi connectivity index (χ1) is 15.5. The van der Waals surface area contributed by atoms with Crippen molar-refractivity contribution in [2.24, 2.45) is 0 Å². The summed E-state index contributed by atoms with van der Waals surface area (Å²) in [4.78, 5) is 13.1. The quantitative estimate of drug-likeness (QED) is 0.544. The number of carbonyl (C=O) groups excluding carboxylic acids is 1. The number of hydrogen-bond donors (Lipinski definition) is 1. The van der Waals surface area contributed by atoms with Gasteiger partial charge in [0.2, 0.25) is 0 Å². The van der Waals surface area contributed by atoms with Crippen LogP contribution in [0.15, 0.2) is 42.5 Å². The SMILES string of the molecule is Cc1c(C(=O)NN2CCCCC2)nn(-c2ccc(F)cc2Cl)c1-c1ccc(C2CC2)cc1. The molecule has 2 aliphatic rings. The monoisotopic (exact) mass is 452 g/mol. The molecule has 1 aromatic heterocycles. The normalized spacial score (nSPS) is 16.8. The second kappa shape index (κ2) is 8.68. The first-order valence-corrected chi connectivity index (χ1v) is 11.6. The first kappa shape index (κ1) is 21.2. The van der Waals surface area contributed by atoms with E-state index in [1.165, 1.54) is 37.0 Å². The van der Waals surface area contributed by atoms with Crippen LogP contribution in [0.25, 0.3) is 16.9 Å². The maximum Gasteiger partial charge on any atom is 0.286 e. The Morgan fingerprint density at radius 3 is 2.47 bits per heavy atom. The maximum absolute atomic E-state index is 13.7. The maximum atomic E-state index is 13.7. The summed E-state index contributed by atoms with van der Waals surface area (Å²) in [6.07, 6.45) is 5.80. The third-order valence-corrected chi connectivity index (χ3v) is 6.63. The van der Waals surface area contributed by atoms with Crippen molar-refractivity contribution in [2.75, 3.05) is 13.1 Å². The lowest BCUT2D eigenvalue weighted by Gasteiger charge is -2.26. The largest absolute Gasteiger partial charge is 0.286 e. The van der Waals surface area contributed by atoms with E-state index in [9.17, 15) is 9.18 Å². The molecule has 3 aromatic rings. The lowest BCUT2D eigenvalue weighted by molar-refractivity contribution is 0.0743. The summed E-state index contributed by atoms with van der Waals surface area (Å²) >= 11 is 6.39. The van der Waals surface area contributed by atoms with E-state index in [1.807, 2.05) is 11.9 Å². The zero-order valence-electron chi connectivity index (χ0n) is 18.1. The summed E-state index contributed by atoms with van der Waals surface area (Å²) in [5.41, 5.74) is 7.70. The number of nitrogens with zero attached hydrogens (tertiary/aromatic N) is 3. The number of carbonyl (C=O) groups is 1. The summed E-state index contributed by atoms with van der Waals surface area (Å²) in [5, 5.41) is 6.85. The Labute approximate surface area is 192 Å². The average Bonchev–Trinajstić information content (AvgIpc) is 3.58. The smallest absolute Gasteiger partial charge is 0.283 e. The van der Waals surface area contributed by atoms with Gasteiger partial charge in [-0.3, -0.25) is 10.2 Å². The second-order valence-electron chi connectivity index (χ2n) is 8.71. The number of hydrazine groups is 1. The van der Waals surface area contributed by atoms with Gasteiger partial charge in [0.25, 0.3) is 5.91 Å². The molecule has 1 N–H and O–H groups in total. The van der Waals surface area contributed by atoms with E-state index in [-0.39, 0.29) is 10.9 Å². The van der Waals surface area contributed by atoms with Crippen LogP contribution in [-0.4, -0.2) is 33.8 Å². The van der Waals surface area contributed by atoms with Gasteiger partial charge in [-0.25, -0.2) is 14.1 Å². The highest BCUT2D eigenvalue weighted by atomic mass is 35.5. The zero-order valence-corrected chi connectivity index (χ0v) is 18.8. The molecular weight excluding hydrogens is 427 g/mol. The average molecular weight is 453 g/mol. The number of benzene rings is 2. The standard InChI is InChI=1S/C25H26ClFN4O/c1-16-23(25(32)29-30-13-3-2-4-14-30)28-31(22-12-11-20(27)15-21(22)26)24(16)19-9-7-18(8-10-19)17-5-6-17/h7-12,15,17H,2-6,13-14H2,1H3,(H,29,32). The number of nitrogens with one attached hydrogen (secondary N) is 1. The molecule has 0 spiro atoms. The summed E-state index contributed by atoms with van der Waals surface area (Å²) in [5.74, 6) is 0.00532. The van der Waals surface area contributed by atoms with E-state index in [0.717, 1.165) is 42.8 Å². The molecule has 0 unspecified atom stereocenters. The van der Waals surface area contributed by atoms with Crippen LogP contribution in [0, 0.1) is 12.7 Å². The third kappa shape index (κ3) is 4.17. The van der Waals surface area contributed by atoms with E-state index >= 15 is 0 Å². The topological polar surface area (TPSA) is 50.2 Å². The second-order valence-corrected chi connectivity index (χ2v) is 9.12. The highest BCUT2D eigenvalue weighted by Crippen LogP contribution is 2.41. The number of hydrogen-bond acceptors (Lipinski definition) is 3. The van der Waals surface area contributed by atoms with Gasteiger partial charge < -0.3 is 0 Å². The molecule has 0 atom stereocenters. The summed E-state index contributed by atoms with van der Waals surface area (Å²) in [6, 6.07) is 12.6. The Hall–Kier alpha value is -2.70. The van der Waals surface area contributed by atoms with Crippen molar-refractivity contribution in [2.45, 2.75) is 44.9 Å². The van der Waals surface area contributed by atoms with Gasteiger partial charge in [0.1, 0.15) is 5.82 Å². The molecule has 5 rings (SSSR count). The Balaban J connectivity index is 1.57. The van der Waals surface area contributed by atoms with E-state index in [0.29, 0.717) is 17.3 Å². The van der Waals surface area contributed by atoms with Gasteiger partial charge in [0.05, 0.1) is 16.4 Å². The predicted octanol–water partition coefficient (Wildman–Crippen LogP) is 5.65. The first-order valence-electron chi connectivity index (χ1n) is 11.2. The van der Waals surface area contributed by atoms with Crippen LogP contribution in [0.3, 0.4) is 0 Å². The van der Waals surface area contributed by atoms with Crippen molar-refractivity contribution in [1.82, 2.24) is 20.2 Å². The van der Waals surface area contributed by atoms with Gasteiger partial charge in [0, 0.05) is 24.2 Å². The van der Waals surface area contributed by atoms with Crippen LogP contribution < -0.4 is 5.43 Å². The Bertz CT molecular complexity index is 1150. The number of amides is 1. The van der Waals surface area contributed by atoms with Crippen molar-refractivity contribution in [1.29, 1.82) is 0 Å². The number of piperidine rings is 1. The van der Waals surface area contributed by atoms with Gasteiger partial charge in [-0.1, -0.05) is 42.3 Å². The van der Waals surface area contributed by atoms with Crippen molar-refractivity contribution in [3.05, 3.63) is 70.1 Å². The minimum absolute atomic E-state index is 0.239. The van der Waals surface area contributed by atoms with Crippen LogP contribution in [0.5, 0.6) is 0 Å². The molecule has 2 heterocycles. The summed E-state index contributed by atoms with van der Waals surface area (Å²) in [6.45, 7) is 3.58. The molecule has 0 bridgehead atoms. The minimum atomic E-state index is -0.416. The molecule has 1 saturated carbocycles. The lowest BCUT2D eigenvalue weighted by Crippen LogP contribution is -2.45. The van der Waals surface area contributed by atoms with Gasteiger partial charge in [0.15, 0.2) is 5.69 Å². The molecule has 2 aromatic carbocycles. The van der Waals surface area contributed by atoms with Gasteiger partial charge in [-0.05, 0) is 62.3 Å². The van der Waals surface area contributed by atoms with Crippen LogP contribution in [0.4, 0.5) is 4.39 Å². The molecule has 1 amide bonds. The fraction of sp³-hybridized carbons (Fsp3) is 0.360. The summed E-state index contributed by atoms with van der Waals surface area (Å²) in [7, 11) is 0. The fourth-order valence-corrected chi connectivity index (χ4v) is 4.66. The van der Waals surface area contributed by atoms with Crippen LogP contribution in [0.2, 0.25) is 5.02 Å². The number of rotatable bonds is 5. The van der Waals surface area contributed by atoms with Crippen molar-refractivity contribution in [3.8, 4) is 16.9 Å². The van der Waals surface area contributed by atoms with E-state index < -0.39 is 5.82 Å². The molecule has 32 heavy (non-hydrogen) atoms. The number of aromatic nitrogens is 2. The molecule has 7 heteroatoms. The van der Waals surface area contributed by atoms with Crippen molar-refractivity contribution < 1.29 is 9.18 Å². The van der Waals surface area contributed by atoms with Crippen molar-refractivity contribution >= 4 is 17.5 Å². The van der Waals surface area contributed by atoms with Crippen LogP contribution in [-0.2, 0) is 0 Å². The van der Waals surface area contributed by atoms with E-state index in [1.54, 1.807) is 10.7 Å². The van der Waals surface area contributed by atoms with Gasteiger partial charge in [-0.2, -0.15) is 5.10 Å². The van der Waals surface area contributed by atoms with Gasteiger partial charge in [-0.15, -0.1) is 0 Å². The minimum Gasteiger partial charge on any atom is -0.283 e. The van der Waals surface area contributed by atoms with Crippen LogP contribution in [0.1, 0.15) is 59.6 Å². The molecule has 166 valence electrons. The third-order valence-electron chi connectivity index (χ3n) is 6.32. The molecule has 1 aliphatic carbocycles. The fourth-order valence-electron chi connectivity index (χ4n) is 4.41. The molecule has 2 fully saturated rings. The molecular formula is C25H26ClFN4O. The lowest BCUT2D eigenvalue weighted by atomic mass is 10.0. The highest BCUT2D eigenvalue weighted by Gasteiger charge is 2.26. The zero-order chi connectivity index (χ0) is 22.2. The molecule has 0 radical (unpaired) electrons. The molecule has 1 saturated heterocycles. The van der Waals surface area contributed by atoms with E-state index in [2.05, 4.69) is 34.8 Å². The highest BCUT2D eigenvalue weighted by molar-refractivity contribution is 6.32. The predicted molar refractivity (Wildman–Crippen MR) is 124 cm³/mol. The van der Waals surface area contributed by atoms with Crippen LogP contribution >= 0.6 is 11.6 Å². The summed E-state index contributed by atoms with van der Waals surface area (Å²) < 4.78 is 15.4. The molecule has 5 nitrogen and oxygen atoms in total. The number of halogens is 2.